The summed E-state index contributed by atoms with van der Waals surface area (Å²) in [6, 6.07) is 9.87. The van der Waals surface area contributed by atoms with Gasteiger partial charge in [0.2, 0.25) is 0 Å². The van der Waals surface area contributed by atoms with E-state index in [9.17, 15) is 0 Å². The molecule has 0 amide bonds. The van der Waals surface area contributed by atoms with Crippen LogP contribution in [0.25, 0.3) is 5.57 Å². The predicted molar refractivity (Wildman–Crippen MR) is 72.6 cm³/mol. The molecule has 0 atom stereocenters. The van der Waals surface area contributed by atoms with Gasteiger partial charge < -0.3 is 4.98 Å². The molecule has 1 heterocycles. The Kier molecular flexibility index (Phi) is 2.96. The van der Waals surface area contributed by atoms with Gasteiger partial charge in [-0.1, -0.05) is 36.4 Å². The molecular weight excluding hydrogens is 208 g/mol. The summed E-state index contributed by atoms with van der Waals surface area (Å²) in [4.78, 5) is 3.12. The molecule has 0 aliphatic carbocycles. The molecule has 0 unspecified atom stereocenters. The molecule has 0 fully saturated rings. The van der Waals surface area contributed by atoms with Crippen molar-refractivity contribution in [3.8, 4) is 0 Å². The Morgan fingerprint density at radius 2 is 1.88 bits per heavy atom. The fourth-order valence-electron chi connectivity index (χ4n) is 1.87. The van der Waals surface area contributed by atoms with Crippen LogP contribution in [0.15, 0.2) is 43.1 Å². The van der Waals surface area contributed by atoms with Crippen molar-refractivity contribution < 1.29 is 0 Å². The van der Waals surface area contributed by atoms with Crippen LogP contribution >= 0.6 is 0 Å². The topological polar surface area (TPSA) is 39.6 Å². The number of rotatable bonds is 3. The van der Waals surface area contributed by atoms with Crippen LogP contribution in [0.1, 0.15) is 29.3 Å². The molecule has 2 aromatic rings. The molecule has 17 heavy (non-hydrogen) atoms. The van der Waals surface area contributed by atoms with Crippen LogP contribution in [-0.2, 0) is 0 Å². The number of aromatic amines is 1. The SMILES string of the molecule is C=C(C)c1ccccc1C(=N)c1cc(C)c[nH]1. The molecule has 1 aromatic heterocycles. The number of hydrogen-bond donors (Lipinski definition) is 2. The summed E-state index contributed by atoms with van der Waals surface area (Å²) in [5, 5.41) is 8.25. The normalized spacial score (nSPS) is 10.2. The van der Waals surface area contributed by atoms with Gasteiger partial charge in [-0.2, -0.15) is 0 Å². The highest BCUT2D eigenvalue weighted by Gasteiger charge is 2.10. The minimum atomic E-state index is 0.511. The van der Waals surface area contributed by atoms with E-state index in [2.05, 4.69) is 11.6 Å². The molecule has 0 spiro atoms. The molecule has 0 aliphatic rings. The monoisotopic (exact) mass is 224 g/mol. The van der Waals surface area contributed by atoms with Crippen LogP contribution in [0.5, 0.6) is 0 Å². The third kappa shape index (κ3) is 2.21. The Bertz CT molecular complexity index is 576. The van der Waals surface area contributed by atoms with Crippen molar-refractivity contribution in [2.75, 3.05) is 0 Å². The number of hydrogen-bond acceptors (Lipinski definition) is 1. The molecule has 2 nitrogen and oxygen atoms in total. The average molecular weight is 224 g/mol. The van der Waals surface area contributed by atoms with Gasteiger partial charge in [0.05, 0.1) is 11.4 Å². The number of benzene rings is 1. The second-order valence-corrected chi connectivity index (χ2v) is 4.29. The largest absolute Gasteiger partial charge is 0.360 e. The van der Waals surface area contributed by atoms with E-state index in [0.29, 0.717) is 5.71 Å². The highest BCUT2D eigenvalue weighted by atomic mass is 14.7. The summed E-state index contributed by atoms with van der Waals surface area (Å²) in [6.45, 7) is 7.94. The summed E-state index contributed by atoms with van der Waals surface area (Å²) in [5.74, 6) is 0. The molecule has 0 saturated carbocycles. The Labute approximate surface area is 102 Å². The predicted octanol–water partition coefficient (Wildman–Crippen LogP) is 3.77. The standard InChI is InChI=1S/C15H16N2/c1-10(2)12-6-4-5-7-13(12)15(16)14-8-11(3)9-17-14/h4-9,16-17H,1H2,2-3H3. The third-order valence-corrected chi connectivity index (χ3v) is 2.75. The molecule has 86 valence electrons. The van der Waals surface area contributed by atoms with E-state index >= 15 is 0 Å². The first-order chi connectivity index (χ1) is 8.09. The van der Waals surface area contributed by atoms with E-state index in [1.807, 2.05) is 50.4 Å². The molecule has 0 saturated heterocycles. The van der Waals surface area contributed by atoms with Crippen LogP contribution in [0, 0.1) is 12.3 Å². The number of allylic oxidation sites excluding steroid dienone is 1. The van der Waals surface area contributed by atoms with Gasteiger partial charge in [-0.05, 0) is 31.0 Å². The fourth-order valence-corrected chi connectivity index (χ4v) is 1.87. The lowest BCUT2D eigenvalue weighted by Gasteiger charge is -2.09. The Balaban J connectivity index is 2.47. The number of nitrogens with one attached hydrogen (secondary N) is 2. The summed E-state index contributed by atoms with van der Waals surface area (Å²) >= 11 is 0. The summed E-state index contributed by atoms with van der Waals surface area (Å²) in [7, 11) is 0. The second-order valence-electron chi connectivity index (χ2n) is 4.29. The number of aromatic nitrogens is 1. The van der Waals surface area contributed by atoms with E-state index in [4.69, 9.17) is 5.41 Å². The third-order valence-electron chi connectivity index (χ3n) is 2.75. The lowest BCUT2D eigenvalue weighted by molar-refractivity contribution is 1.32. The van der Waals surface area contributed by atoms with Gasteiger partial charge >= 0.3 is 0 Å². The average Bonchev–Trinajstić information content (AvgIpc) is 2.75. The van der Waals surface area contributed by atoms with Crippen LogP contribution in [0.3, 0.4) is 0 Å². The molecule has 2 heteroatoms. The zero-order valence-corrected chi connectivity index (χ0v) is 10.2. The maximum Gasteiger partial charge on any atom is 0.0853 e. The van der Waals surface area contributed by atoms with Crippen molar-refractivity contribution in [3.05, 3.63) is 65.5 Å². The van der Waals surface area contributed by atoms with Gasteiger partial charge in [-0.3, -0.25) is 5.41 Å². The van der Waals surface area contributed by atoms with Crippen LogP contribution < -0.4 is 0 Å². The van der Waals surface area contributed by atoms with Crippen molar-refractivity contribution in [3.63, 3.8) is 0 Å². The van der Waals surface area contributed by atoms with Gasteiger partial charge in [0.15, 0.2) is 0 Å². The maximum atomic E-state index is 8.25. The first kappa shape index (κ1) is 11.4. The number of H-pyrrole nitrogens is 1. The molecule has 2 N–H and O–H groups in total. The number of aryl methyl sites for hydroxylation is 1. The van der Waals surface area contributed by atoms with Gasteiger partial charge in [0, 0.05) is 11.8 Å². The molecular formula is C15H16N2. The Morgan fingerprint density at radius 3 is 2.41 bits per heavy atom. The lowest BCUT2D eigenvalue weighted by atomic mass is 9.97. The van der Waals surface area contributed by atoms with Crippen LogP contribution in [-0.4, -0.2) is 10.7 Å². The highest BCUT2D eigenvalue weighted by molar-refractivity contribution is 6.12. The second kappa shape index (κ2) is 4.42. The van der Waals surface area contributed by atoms with Gasteiger partial charge in [0.25, 0.3) is 0 Å². The molecule has 0 aliphatic heterocycles. The van der Waals surface area contributed by atoms with Crippen molar-refractivity contribution in [1.29, 1.82) is 5.41 Å². The van der Waals surface area contributed by atoms with Crippen LogP contribution in [0.4, 0.5) is 0 Å². The van der Waals surface area contributed by atoms with Crippen molar-refractivity contribution in [2.24, 2.45) is 0 Å². The van der Waals surface area contributed by atoms with Gasteiger partial charge in [0.1, 0.15) is 0 Å². The van der Waals surface area contributed by atoms with E-state index in [1.165, 1.54) is 0 Å². The zero-order chi connectivity index (χ0) is 12.4. The Hall–Kier alpha value is -2.09. The molecule has 2 rings (SSSR count). The first-order valence-corrected chi connectivity index (χ1v) is 5.59. The summed E-state index contributed by atoms with van der Waals surface area (Å²) in [6.07, 6.45) is 1.91. The first-order valence-electron chi connectivity index (χ1n) is 5.59. The van der Waals surface area contributed by atoms with Crippen molar-refractivity contribution in [1.82, 2.24) is 4.98 Å². The quantitative estimate of drug-likeness (QED) is 0.745. The molecule has 0 radical (unpaired) electrons. The summed E-state index contributed by atoms with van der Waals surface area (Å²) < 4.78 is 0. The van der Waals surface area contributed by atoms with Crippen molar-refractivity contribution >= 4 is 11.3 Å². The van der Waals surface area contributed by atoms with E-state index in [1.54, 1.807) is 0 Å². The highest BCUT2D eigenvalue weighted by Crippen LogP contribution is 2.20. The molecule has 1 aromatic carbocycles. The Morgan fingerprint density at radius 1 is 1.24 bits per heavy atom. The van der Waals surface area contributed by atoms with E-state index < -0.39 is 0 Å². The fraction of sp³-hybridized carbons (Fsp3) is 0.133. The minimum Gasteiger partial charge on any atom is -0.360 e. The van der Waals surface area contributed by atoms with Crippen LogP contribution in [0.2, 0.25) is 0 Å². The van der Waals surface area contributed by atoms with E-state index in [-0.39, 0.29) is 0 Å². The molecule has 0 bridgehead atoms. The van der Waals surface area contributed by atoms with E-state index in [0.717, 1.165) is 28.0 Å². The van der Waals surface area contributed by atoms with Crippen molar-refractivity contribution in [2.45, 2.75) is 13.8 Å². The summed E-state index contributed by atoms with van der Waals surface area (Å²) in [5.41, 5.74) is 5.42. The maximum absolute atomic E-state index is 8.25. The lowest BCUT2D eigenvalue weighted by Crippen LogP contribution is -2.04. The van der Waals surface area contributed by atoms with Gasteiger partial charge in [-0.25, -0.2) is 0 Å². The smallest absolute Gasteiger partial charge is 0.0853 e. The zero-order valence-electron chi connectivity index (χ0n) is 10.2. The van der Waals surface area contributed by atoms with Gasteiger partial charge in [-0.15, -0.1) is 0 Å². The minimum absolute atomic E-state index is 0.511.